The summed E-state index contributed by atoms with van der Waals surface area (Å²) >= 11 is 0. The van der Waals surface area contributed by atoms with Crippen LogP contribution in [0.4, 0.5) is 18.0 Å². The molecule has 0 aromatic rings. The third kappa shape index (κ3) is 7.84. The zero-order chi connectivity index (χ0) is 13.7. The van der Waals surface area contributed by atoms with Crippen LogP contribution in [0.2, 0.25) is 0 Å². The Morgan fingerprint density at radius 1 is 1.35 bits per heavy atom. The normalized spacial score (nSPS) is 15.5. The van der Waals surface area contributed by atoms with E-state index < -0.39 is 24.3 Å². The van der Waals surface area contributed by atoms with Gasteiger partial charge in [0.2, 0.25) is 0 Å². The van der Waals surface area contributed by atoms with Gasteiger partial charge in [0, 0.05) is 6.54 Å². The second-order valence-corrected chi connectivity index (χ2v) is 4.79. The predicted octanol–water partition coefficient (Wildman–Crippen LogP) is 1.61. The van der Waals surface area contributed by atoms with Gasteiger partial charge in [0.1, 0.15) is 6.54 Å². The summed E-state index contributed by atoms with van der Waals surface area (Å²) in [6, 6.07) is -0.851. The lowest BCUT2D eigenvalue weighted by atomic mass is 9.91. The number of carbonyl (C=O) groups excluding carboxylic acids is 1. The van der Waals surface area contributed by atoms with Crippen LogP contribution in [0.3, 0.4) is 0 Å². The molecule has 0 fully saturated rings. The second-order valence-electron chi connectivity index (χ2n) is 4.79. The van der Waals surface area contributed by atoms with Gasteiger partial charge < -0.3 is 16.4 Å². The number of amides is 2. The molecule has 4 N–H and O–H groups in total. The zero-order valence-electron chi connectivity index (χ0n) is 10.3. The average molecular weight is 255 g/mol. The van der Waals surface area contributed by atoms with Crippen LogP contribution in [-0.2, 0) is 0 Å². The first-order valence-corrected chi connectivity index (χ1v) is 5.41. The van der Waals surface area contributed by atoms with E-state index in [1.165, 1.54) is 0 Å². The van der Waals surface area contributed by atoms with Gasteiger partial charge >= 0.3 is 12.2 Å². The molecular formula is C10H20F3N3O. The summed E-state index contributed by atoms with van der Waals surface area (Å²) in [4.78, 5) is 11.3. The largest absolute Gasteiger partial charge is 0.405 e. The van der Waals surface area contributed by atoms with Crippen molar-refractivity contribution < 1.29 is 18.0 Å². The van der Waals surface area contributed by atoms with Crippen molar-refractivity contribution in [3.8, 4) is 0 Å². The van der Waals surface area contributed by atoms with Crippen LogP contribution in [0, 0.1) is 5.92 Å². The van der Waals surface area contributed by atoms with E-state index in [2.05, 4.69) is 5.32 Å². The van der Waals surface area contributed by atoms with E-state index in [-0.39, 0.29) is 12.5 Å². The Morgan fingerprint density at radius 3 is 2.24 bits per heavy atom. The van der Waals surface area contributed by atoms with Gasteiger partial charge in [-0.1, -0.05) is 13.8 Å². The van der Waals surface area contributed by atoms with Crippen LogP contribution in [0.25, 0.3) is 0 Å². The number of rotatable bonds is 5. The molecule has 0 rings (SSSR count). The van der Waals surface area contributed by atoms with Crippen LogP contribution < -0.4 is 16.4 Å². The molecule has 1 atom stereocenters. The maximum atomic E-state index is 11.9. The molecular weight excluding hydrogens is 235 g/mol. The molecule has 2 amide bonds. The maximum Gasteiger partial charge on any atom is 0.405 e. The smallest absolute Gasteiger partial charge is 0.332 e. The van der Waals surface area contributed by atoms with E-state index in [9.17, 15) is 18.0 Å². The summed E-state index contributed by atoms with van der Waals surface area (Å²) < 4.78 is 35.6. The van der Waals surface area contributed by atoms with Crippen LogP contribution >= 0.6 is 0 Å². The standard InChI is InChI=1S/C10H20F3N3O/c1-7(2)4-9(3,5-14)16-8(17)15-6-10(11,12)13/h7H,4-6,14H2,1-3H3,(H2,15,16,17). The van der Waals surface area contributed by atoms with E-state index >= 15 is 0 Å². The van der Waals surface area contributed by atoms with Gasteiger partial charge in [-0.3, -0.25) is 0 Å². The highest BCUT2D eigenvalue weighted by molar-refractivity contribution is 5.74. The van der Waals surface area contributed by atoms with Crippen molar-refractivity contribution >= 4 is 6.03 Å². The molecule has 0 saturated heterocycles. The highest BCUT2D eigenvalue weighted by atomic mass is 19.4. The van der Waals surface area contributed by atoms with Crippen LogP contribution in [-0.4, -0.2) is 30.8 Å². The average Bonchev–Trinajstić information content (AvgIpc) is 2.12. The number of alkyl halides is 3. The van der Waals surface area contributed by atoms with Gasteiger partial charge in [0.25, 0.3) is 0 Å². The molecule has 0 heterocycles. The quantitative estimate of drug-likeness (QED) is 0.698. The number of hydrogen-bond acceptors (Lipinski definition) is 2. The van der Waals surface area contributed by atoms with Crippen LogP contribution in [0.1, 0.15) is 27.2 Å². The first-order valence-electron chi connectivity index (χ1n) is 5.41. The number of carbonyl (C=O) groups is 1. The highest BCUT2D eigenvalue weighted by Gasteiger charge is 2.30. The van der Waals surface area contributed by atoms with Gasteiger partial charge in [-0.15, -0.1) is 0 Å². The van der Waals surface area contributed by atoms with E-state index in [0.717, 1.165) is 0 Å². The molecule has 17 heavy (non-hydrogen) atoms. The Balaban J connectivity index is 4.24. The molecule has 0 radical (unpaired) electrons. The zero-order valence-corrected chi connectivity index (χ0v) is 10.3. The summed E-state index contributed by atoms with van der Waals surface area (Å²) in [5.74, 6) is 0.284. The van der Waals surface area contributed by atoms with Crippen molar-refractivity contribution in [3.63, 3.8) is 0 Å². The first kappa shape index (κ1) is 16.0. The number of hydrogen-bond donors (Lipinski definition) is 3. The lowest BCUT2D eigenvalue weighted by Crippen LogP contribution is -2.56. The Bertz CT molecular complexity index is 256. The maximum absolute atomic E-state index is 11.9. The second kappa shape index (κ2) is 6.09. The lowest BCUT2D eigenvalue weighted by molar-refractivity contribution is -0.122. The summed E-state index contributed by atoms with van der Waals surface area (Å²) in [7, 11) is 0. The van der Waals surface area contributed by atoms with Crippen molar-refractivity contribution in [2.45, 2.75) is 38.9 Å². The number of nitrogens with one attached hydrogen (secondary N) is 2. The van der Waals surface area contributed by atoms with E-state index in [1.807, 2.05) is 13.8 Å². The minimum Gasteiger partial charge on any atom is -0.332 e. The molecule has 0 spiro atoms. The van der Waals surface area contributed by atoms with Gasteiger partial charge in [-0.2, -0.15) is 13.2 Å². The molecule has 4 nitrogen and oxygen atoms in total. The molecule has 102 valence electrons. The Kier molecular flexibility index (Phi) is 5.74. The molecule has 0 aromatic heterocycles. The molecule has 0 aliphatic rings. The first-order chi connectivity index (χ1) is 7.58. The molecule has 0 aromatic carbocycles. The summed E-state index contributed by atoms with van der Waals surface area (Å²) in [5.41, 5.74) is 4.83. The fourth-order valence-electron chi connectivity index (χ4n) is 1.59. The molecule has 0 bridgehead atoms. The van der Waals surface area contributed by atoms with Crippen molar-refractivity contribution in [3.05, 3.63) is 0 Å². The number of halogens is 3. The number of urea groups is 1. The fourth-order valence-corrected chi connectivity index (χ4v) is 1.59. The summed E-state index contributed by atoms with van der Waals surface area (Å²) in [6.45, 7) is 4.43. The minimum atomic E-state index is -4.41. The van der Waals surface area contributed by atoms with Crippen molar-refractivity contribution in [1.82, 2.24) is 10.6 Å². The van der Waals surface area contributed by atoms with Crippen molar-refractivity contribution in [2.75, 3.05) is 13.1 Å². The SMILES string of the molecule is CC(C)CC(C)(CN)NC(=O)NCC(F)(F)F. The Labute approximate surface area is 99.1 Å². The Morgan fingerprint density at radius 2 is 1.88 bits per heavy atom. The number of nitrogens with two attached hydrogens (primary N) is 1. The minimum absolute atomic E-state index is 0.171. The van der Waals surface area contributed by atoms with Crippen molar-refractivity contribution in [1.29, 1.82) is 0 Å². The summed E-state index contributed by atoms with van der Waals surface area (Å²) in [5, 5.41) is 4.23. The van der Waals surface area contributed by atoms with Crippen LogP contribution in [0.15, 0.2) is 0 Å². The molecule has 1 unspecified atom stereocenters. The van der Waals surface area contributed by atoms with Gasteiger partial charge in [-0.25, -0.2) is 4.79 Å². The van der Waals surface area contributed by atoms with Gasteiger partial charge in [0.05, 0.1) is 5.54 Å². The molecule has 0 aliphatic carbocycles. The summed E-state index contributed by atoms with van der Waals surface area (Å²) in [6.07, 6.45) is -3.81. The van der Waals surface area contributed by atoms with Gasteiger partial charge in [0.15, 0.2) is 0 Å². The molecule has 7 heteroatoms. The van der Waals surface area contributed by atoms with E-state index in [1.54, 1.807) is 12.2 Å². The lowest BCUT2D eigenvalue weighted by Gasteiger charge is -2.31. The fraction of sp³-hybridized carbons (Fsp3) is 0.900. The Hall–Kier alpha value is -0.980. The van der Waals surface area contributed by atoms with Crippen LogP contribution in [0.5, 0.6) is 0 Å². The van der Waals surface area contributed by atoms with E-state index in [0.29, 0.717) is 6.42 Å². The highest BCUT2D eigenvalue weighted by Crippen LogP contribution is 2.15. The third-order valence-corrected chi connectivity index (χ3v) is 2.17. The molecule has 0 aliphatic heterocycles. The predicted molar refractivity (Wildman–Crippen MR) is 59.5 cm³/mol. The third-order valence-electron chi connectivity index (χ3n) is 2.17. The van der Waals surface area contributed by atoms with Gasteiger partial charge in [-0.05, 0) is 19.3 Å². The van der Waals surface area contributed by atoms with E-state index in [4.69, 9.17) is 5.73 Å². The topological polar surface area (TPSA) is 67.1 Å². The monoisotopic (exact) mass is 255 g/mol. The van der Waals surface area contributed by atoms with Crippen molar-refractivity contribution in [2.24, 2.45) is 11.7 Å². The molecule has 0 saturated carbocycles.